The molecule has 1 unspecified atom stereocenters. The van der Waals surface area contributed by atoms with Crippen molar-refractivity contribution >= 4 is 44.8 Å². The van der Waals surface area contributed by atoms with Crippen molar-refractivity contribution in [2.24, 2.45) is 5.92 Å². The van der Waals surface area contributed by atoms with Crippen molar-refractivity contribution in [3.05, 3.63) is 62.6 Å². The number of hydrogen-bond acceptors (Lipinski definition) is 4. The van der Waals surface area contributed by atoms with E-state index in [9.17, 15) is 19.7 Å². The molecule has 0 bridgehead atoms. The summed E-state index contributed by atoms with van der Waals surface area (Å²) < 4.78 is 0.781. The third kappa shape index (κ3) is 3.60. The van der Waals surface area contributed by atoms with Crippen LogP contribution in [0.25, 0.3) is 0 Å². The maximum atomic E-state index is 12.5. The summed E-state index contributed by atoms with van der Waals surface area (Å²) in [7, 11) is 0. The van der Waals surface area contributed by atoms with Crippen LogP contribution >= 0.6 is 15.9 Å². The lowest BCUT2D eigenvalue weighted by atomic mass is 10.1. The fourth-order valence-electron chi connectivity index (χ4n) is 2.91. The number of aryl methyl sites for hydroxylation is 1. The number of nitro groups is 1. The van der Waals surface area contributed by atoms with E-state index in [2.05, 4.69) is 21.2 Å². The number of para-hydroxylation sites is 1. The molecule has 7 nitrogen and oxygen atoms in total. The number of nitrogens with zero attached hydrogens (tertiary/aromatic N) is 2. The van der Waals surface area contributed by atoms with E-state index in [1.165, 1.54) is 6.07 Å². The summed E-state index contributed by atoms with van der Waals surface area (Å²) in [5, 5.41) is 13.7. The van der Waals surface area contributed by atoms with Gasteiger partial charge in [0, 0.05) is 34.8 Å². The summed E-state index contributed by atoms with van der Waals surface area (Å²) >= 11 is 3.41. The van der Waals surface area contributed by atoms with Crippen molar-refractivity contribution in [1.82, 2.24) is 0 Å². The Morgan fingerprint density at radius 2 is 2.04 bits per heavy atom. The predicted molar refractivity (Wildman–Crippen MR) is 101 cm³/mol. The minimum absolute atomic E-state index is 0.0554. The first-order valence-electron chi connectivity index (χ1n) is 7.97. The third-order valence-electron chi connectivity index (χ3n) is 4.31. The highest BCUT2D eigenvalue weighted by molar-refractivity contribution is 9.10. The number of nitrogens with one attached hydrogen (secondary N) is 1. The molecule has 26 heavy (non-hydrogen) atoms. The van der Waals surface area contributed by atoms with Gasteiger partial charge in [-0.05, 0) is 41.1 Å². The number of halogens is 1. The Morgan fingerprint density at radius 1 is 1.31 bits per heavy atom. The number of rotatable bonds is 4. The molecule has 2 amide bonds. The van der Waals surface area contributed by atoms with E-state index in [0.29, 0.717) is 11.3 Å². The van der Waals surface area contributed by atoms with E-state index in [1.807, 2.05) is 24.3 Å². The molecule has 1 atom stereocenters. The van der Waals surface area contributed by atoms with Crippen LogP contribution < -0.4 is 10.2 Å². The lowest BCUT2D eigenvalue weighted by molar-refractivity contribution is -0.385. The number of amides is 2. The van der Waals surface area contributed by atoms with Crippen molar-refractivity contribution in [3.63, 3.8) is 0 Å². The lowest BCUT2D eigenvalue weighted by Crippen LogP contribution is -2.28. The van der Waals surface area contributed by atoms with Crippen molar-refractivity contribution in [2.45, 2.75) is 13.3 Å². The Labute approximate surface area is 158 Å². The van der Waals surface area contributed by atoms with Gasteiger partial charge in [-0.2, -0.15) is 0 Å². The van der Waals surface area contributed by atoms with Crippen molar-refractivity contribution in [2.75, 3.05) is 16.8 Å². The van der Waals surface area contributed by atoms with Crippen LogP contribution in [0.4, 0.5) is 17.1 Å². The quantitative estimate of drug-likeness (QED) is 0.606. The lowest BCUT2D eigenvalue weighted by Gasteiger charge is -2.18. The molecule has 0 saturated carbocycles. The maximum absolute atomic E-state index is 12.5. The predicted octanol–water partition coefficient (Wildman–Crippen LogP) is 3.66. The molecule has 3 rings (SSSR count). The van der Waals surface area contributed by atoms with Crippen LogP contribution in [0, 0.1) is 23.0 Å². The van der Waals surface area contributed by atoms with Gasteiger partial charge >= 0.3 is 0 Å². The summed E-state index contributed by atoms with van der Waals surface area (Å²) in [5.74, 6) is -0.979. The van der Waals surface area contributed by atoms with Gasteiger partial charge in [-0.1, -0.05) is 18.2 Å². The van der Waals surface area contributed by atoms with Gasteiger partial charge in [0.2, 0.25) is 11.8 Å². The summed E-state index contributed by atoms with van der Waals surface area (Å²) in [6.07, 6.45) is 0.0983. The SMILES string of the molecule is Cc1ccc(NC(=O)C2CC(=O)N(c3ccccc3Br)C2)cc1[N+](=O)[O-]. The Bertz CT molecular complexity index is 900. The van der Waals surface area contributed by atoms with Crippen molar-refractivity contribution in [1.29, 1.82) is 0 Å². The third-order valence-corrected chi connectivity index (χ3v) is 4.98. The molecule has 1 N–H and O–H groups in total. The zero-order chi connectivity index (χ0) is 18.8. The second-order valence-corrected chi connectivity index (χ2v) is 6.96. The van der Waals surface area contributed by atoms with Crippen LogP contribution in [-0.4, -0.2) is 23.3 Å². The average Bonchev–Trinajstić information content (AvgIpc) is 2.98. The normalized spacial score (nSPS) is 16.6. The Morgan fingerprint density at radius 3 is 2.73 bits per heavy atom. The Balaban J connectivity index is 1.74. The summed E-state index contributed by atoms with van der Waals surface area (Å²) in [6.45, 7) is 1.90. The zero-order valence-corrected chi connectivity index (χ0v) is 15.5. The number of carbonyl (C=O) groups is 2. The number of benzene rings is 2. The molecule has 1 heterocycles. The van der Waals surface area contributed by atoms with Gasteiger partial charge < -0.3 is 10.2 Å². The second kappa shape index (κ2) is 7.25. The smallest absolute Gasteiger partial charge is 0.274 e. The number of carbonyl (C=O) groups excluding carboxylic acids is 2. The summed E-state index contributed by atoms with van der Waals surface area (Å²) in [4.78, 5) is 37.0. The highest BCUT2D eigenvalue weighted by Gasteiger charge is 2.35. The highest BCUT2D eigenvalue weighted by Crippen LogP contribution is 2.32. The fraction of sp³-hybridized carbons (Fsp3) is 0.222. The van der Waals surface area contributed by atoms with Crippen LogP contribution in [0.5, 0.6) is 0 Å². The molecule has 1 fully saturated rings. The molecule has 2 aromatic carbocycles. The molecule has 0 aromatic heterocycles. The Kier molecular flexibility index (Phi) is 5.03. The van der Waals surface area contributed by atoms with Crippen molar-refractivity contribution in [3.8, 4) is 0 Å². The van der Waals surface area contributed by atoms with Crippen molar-refractivity contribution < 1.29 is 14.5 Å². The van der Waals surface area contributed by atoms with Gasteiger partial charge in [0.05, 0.1) is 16.5 Å². The molecular weight excluding hydrogens is 402 g/mol. The van der Waals surface area contributed by atoms with E-state index in [0.717, 1.165) is 10.2 Å². The number of hydrogen-bond donors (Lipinski definition) is 1. The largest absolute Gasteiger partial charge is 0.326 e. The molecule has 1 aliphatic heterocycles. The summed E-state index contributed by atoms with van der Waals surface area (Å²) in [6, 6.07) is 11.8. The van der Waals surface area contributed by atoms with Gasteiger partial charge in [0.1, 0.15) is 0 Å². The molecule has 0 aliphatic carbocycles. The minimum atomic E-state index is -0.519. The highest BCUT2D eigenvalue weighted by atomic mass is 79.9. The molecule has 0 spiro atoms. The Hall–Kier alpha value is -2.74. The first-order valence-corrected chi connectivity index (χ1v) is 8.77. The second-order valence-electron chi connectivity index (χ2n) is 6.10. The van der Waals surface area contributed by atoms with Crippen LogP contribution in [0.2, 0.25) is 0 Å². The molecule has 0 radical (unpaired) electrons. The van der Waals surface area contributed by atoms with Gasteiger partial charge in [0.15, 0.2) is 0 Å². The summed E-state index contributed by atoms with van der Waals surface area (Å²) in [5.41, 5.74) is 1.53. The van der Waals surface area contributed by atoms with Gasteiger partial charge in [-0.25, -0.2) is 0 Å². The van der Waals surface area contributed by atoms with Crippen LogP contribution in [-0.2, 0) is 9.59 Å². The molecule has 1 aliphatic rings. The minimum Gasteiger partial charge on any atom is -0.326 e. The van der Waals surface area contributed by atoms with Crippen LogP contribution in [0.15, 0.2) is 46.9 Å². The van der Waals surface area contributed by atoms with Gasteiger partial charge in [-0.3, -0.25) is 19.7 Å². The van der Waals surface area contributed by atoms with Gasteiger partial charge in [-0.15, -0.1) is 0 Å². The van der Waals surface area contributed by atoms with E-state index >= 15 is 0 Å². The fourth-order valence-corrected chi connectivity index (χ4v) is 3.41. The molecule has 2 aromatic rings. The molecular formula is C18H16BrN3O4. The van der Waals surface area contributed by atoms with E-state index in [4.69, 9.17) is 0 Å². The van der Waals surface area contributed by atoms with Crippen LogP contribution in [0.3, 0.4) is 0 Å². The average molecular weight is 418 g/mol. The molecule has 134 valence electrons. The van der Waals surface area contributed by atoms with E-state index in [-0.39, 0.29) is 30.5 Å². The first kappa shape index (κ1) is 18.1. The van der Waals surface area contributed by atoms with E-state index in [1.54, 1.807) is 24.0 Å². The first-order chi connectivity index (χ1) is 12.4. The van der Waals surface area contributed by atoms with Gasteiger partial charge in [0.25, 0.3) is 5.69 Å². The number of nitro benzene ring substituents is 1. The zero-order valence-electron chi connectivity index (χ0n) is 13.9. The molecule has 1 saturated heterocycles. The topological polar surface area (TPSA) is 92.6 Å². The maximum Gasteiger partial charge on any atom is 0.274 e. The van der Waals surface area contributed by atoms with Crippen LogP contribution in [0.1, 0.15) is 12.0 Å². The molecule has 8 heteroatoms. The van der Waals surface area contributed by atoms with E-state index < -0.39 is 10.8 Å². The standard InChI is InChI=1S/C18H16BrN3O4/c1-11-6-7-13(9-16(11)22(25)26)20-18(24)12-8-17(23)21(10-12)15-5-3-2-4-14(15)19/h2-7,9,12H,8,10H2,1H3,(H,20,24). The number of anilines is 2. The monoisotopic (exact) mass is 417 g/mol.